The van der Waals surface area contributed by atoms with Crippen LogP contribution in [0.5, 0.6) is 0 Å². The Morgan fingerprint density at radius 2 is 2.20 bits per heavy atom. The molecule has 2 rings (SSSR count). The zero-order chi connectivity index (χ0) is 11.1. The highest BCUT2D eigenvalue weighted by Gasteiger charge is 2.43. The average Bonchev–Trinajstić information content (AvgIpc) is 2.43. The normalized spacial score (nSPS) is 24.1. The summed E-state index contributed by atoms with van der Waals surface area (Å²) in [6, 6.07) is 6.12. The number of nitrogens with zero attached hydrogens (tertiary/aromatic N) is 2. The summed E-state index contributed by atoms with van der Waals surface area (Å²) in [6.07, 6.45) is 1.81. The number of rotatable bonds is 1. The van der Waals surface area contributed by atoms with Gasteiger partial charge in [0.05, 0.1) is 17.3 Å². The molecule has 0 spiro atoms. The van der Waals surface area contributed by atoms with Gasteiger partial charge in [-0.05, 0) is 38.2 Å². The van der Waals surface area contributed by atoms with Crippen molar-refractivity contribution in [3.05, 3.63) is 30.1 Å². The highest BCUT2D eigenvalue weighted by molar-refractivity contribution is 7.80. The molecule has 1 aliphatic heterocycles. The van der Waals surface area contributed by atoms with Crippen LogP contribution in [-0.2, 0) is 0 Å². The fraction of sp³-hybridized carbons (Fsp3) is 0.455. The molecule has 4 heteroatoms. The van der Waals surface area contributed by atoms with Gasteiger partial charge < -0.3 is 10.2 Å². The largest absolute Gasteiger partial charge is 0.352 e. The Bertz CT molecular complexity index is 375. The molecule has 1 unspecified atom stereocenters. The minimum absolute atomic E-state index is 0.0363. The second-order valence-electron chi connectivity index (χ2n) is 4.35. The number of hydrogen-bond acceptors (Lipinski definition) is 2. The number of nitrogens with one attached hydrogen (secondary N) is 1. The van der Waals surface area contributed by atoms with Crippen LogP contribution in [0.1, 0.15) is 25.6 Å². The van der Waals surface area contributed by atoms with Crippen molar-refractivity contribution in [2.24, 2.45) is 0 Å². The van der Waals surface area contributed by atoms with Crippen LogP contribution < -0.4 is 5.32 Å². The topological polar surface area (TPSA) is 28.2 Å². The van der Waals surface area contributed by atoms with Crippen LogP contribution in [0.25, 0.3) is 0 Å². The average molecular weight is 221 g/mol. The van der Waals surface area contributed by atoms with E-state index in [1.54, 1.807) is 0 Å². The summed E-state index contributed by atoms with van der Waals surface area (Å²) in [5, 5.41) is 4.09. The molecule has 1 aromatic rings. The maximum atomic E-state index is 5.25. The zero-order valence-electron chi connectivity index (χ0n) is 9.19. The molecule has 1 fully saturated rings. The molecule has 3 nitrogen and oxygen atoms in total. The van der Waals surface area contributed by atoms with Crippen LogP contribution in [0.15, 0.2) is 24.4 Å². The Labute approximate surface area is 95.5 Å². The van der Waals surface area contributed by atoms with Gasteiger partial charge in [0.2, 0.25) is 0 Å². The molecule has 0 amide bonds. The van der Waals surface area contributed by atoms with Crippen LogP contribution in [0, 0.1) is 0 Å². The van der Waals surface area contributed by atoms with Crippen LogP contribution in [-0.4, -0.2) is 27.6 Å². The van der Waals surface area contributed by atoms with Gasteiger partial charge in [-0.15, -0.1) is 0 Å². The molecule has 2 heterocycles. The molecule has 0 radical (unpaired) electrons. The highest BCUT2D eigenvalue weighted by Crippen LogP contribution is 2.34. The smallest absolute Gasteiger partial charge is 0.169 e. The molecule has 1 N–H and O–H groups in total. The number of aromatic nitrogens is 1. The lowest BCUT2D eigenvalue weighted by molar-refractivity contribution is 0.245. The van der Waals surface area contributed by atoms with E-state index >= 15 is 0 Å². The SMILES string of the molecule is CN1C(=S)NC(c2ccccn2)C1(C)C. The third-order valence-electron chi connectivity index (χ3n) is 3.13. The quantitative estimate of drug-likeness (QED) is 0.731. The van der Waals surface area contributed by atoms with E-state index in [0.717, 1.165) is 10.8 Å². The van der Waals surface area contributed by atoms with Crippen LogP contribution in [0.4, 0.5) is 0 Å². The molecular weight excluding hydrogens is 206 g/mol. The number of pyridine rings is 1. The van der Waals surface area contributed by atoms with Gasteiger partial charge in [-0.25, -0.2) is 0 Å². The molecule has 80 valence electrons. The van der Waals surface area contributed by atoms with E-state index in [-0.39, 0.29) is 11.6 Å². The molecule has 1 aliphatic rings. The van der Waals surface area contributed by atoms with Gasteiger partial charge in [0.1, 0.15) is 0 Å². The minimum atomic E-state index is -0.0363. The second kappa shape index (κ2) is 3.45. The molecule has 0 bridgehead atoms. The zero-order valence-corrected chi connectivity index (χ0v) is 10.0. The monoisotopic (exact) mass is 221 g/mol. The molecule has 1 atom stereocenters. The summed E-state index contributed by atoms with van der Waals surface area (Å²) in [7, 11) is 2.01. The molecule has 0 saturated carbocycles. The van der Waals surface area contributed by atoms with E-state index in [9.17, 15) is 0 Å². The minimum Gasteiger partial charge on any atom is -0.352 e. The van der Waals surface area contributed by atoms with E-state index in [1.165, 1.54) is 0 Å². The second-order valence-corrected chi connectivity index (χ2v) is 4.74. The summed E-state index contributed by atoms with van der Waals surface area (Å²) in [4.78, 5) is 6.46. The van der Waals surface area contributed by atoms with E-state index in [2.05, 4.69) is 29.0 Å². The van der Waals surface area contributed by atoms with Gasteiger partial charge in [0.25, 0.3) is 0 Å². The van der Waals surface area contributed by atoms with E-state index in [4.69, 9.17) is 12.2 Å². The standard InChI is InChI=1S/C11H15N3S/c1-11(2)9(13-10(15)14(11)3)8-6-4-5-7-12-8/h4-7,9H,1-3H3,(H,13,15). The molecule has 1 aromatic heterocycles. The molecule has 1 saturated heterocycles. The third-order valence-corrected chi connectivity index (χ3v) is 3.52. The summed E-state index contributed by atoms with van der Waals surface area (Å²) in [5.41, 5.74) is 1.00. The van der Waals surface area contributed by atoms with Gasteiger partial charge in [-0.2, -0.15) is 0 Å². The van der Waals surface area contributed by atoms with Crippen LogP contribution in [0.3, 0.4) is 0 Å². The van der Waals surface area contributed by atoms with Gasteiger partial charge >= 0.3 is 0 Å². The van der Waals surface area contributed by atoms with Crippen molar-refractivity contribution in [2.75, 3.05) is 7.05 Å². The fourth-order valence-electron chi connectivity index (χ4n) is 1.83. The van der Waals surface area contributed by atoms with Gasteiger partial charge in [0.15, 0.2) is 5.11 Å². The number of likely N-dealkylation sites (N-methyl/N-ethyl adjacent to an activating group) is 1. The van der Waals surface area contributed by atoms with E-state index in [0.29, 0.717) is 0 Å². The molecular formula is C11H15N3S. The van der Waals surface area contributed by atoms with Crippen molar-refractivity contribution < 1.29 is 0 Å². The Morgan fingerprint density at radius 3 is 2.67 bits per heavy atom. The van der Waals surface area contributed by atoms with Crippen LogP contribution >= 0.6 is 12.2 Å². The maximum absolute atomic E-state index is 5.25. The van der Waals surface area contributed by atoms with Gasteiger partial charge in [0, 0.05) is 13.2 Å². The predicted octanol–water partition coefficient (Wildman–Crippen LogP) is 1.72. The van der Waals surface area contributed by atoms with Crippen LogP contribution in [0.2, 0.25) is 0 Å². The first kappa shape index (κ1) is 10.4. The van der Waals surface area contributed by atoms with Crippen molar-refractivity contribution in [2.45, 2.75) is 25.4 Å². The molecule has 15 heavy (non-hydrogen) atoms. The van der Waals surface area contributed by atoms with Crippen molar-refractivity contribution in [3.63, 3.8) is 0 Å². The summed E-state index contributed by atoms with van der Waals surface area (Å²) < 4.78 is 0. The van der Waals surface area contributed by atoms with Crippen molar-refractivity contribution in [1.82, 2.24) is 15.2 Å². The van der Waals surface area contributed by atoms with Gasteiger partial charge in [-0.3, -0.25) is 4.98 Å². The van der Waals surface area contributed by atoms with Gasteiger partial charge in [-0.1, -0.05) is 6.07 Å². The summed E-state index contributed by atoms with van der Waals surface area (Å²) in [6.45, 7) is 4.33. The first-order valence-corrected chi connectivity index (χ1v) is 5.39. The lowest BCUT2D eigenvalue weighted by Crippen LogP contribution is -2.40. The summed E-state index contributed by atoms with van der Waals surface area (Å²) >= 11 is 5.25. The van der Waals surface area contributed by atoms with Crippen molar-refractivity contribution in [3.8, 4) is 0 Å². The molecule has 0 aromatic carbocycles. The van der Waals surface area contributed by atoms with E-state index in [1.807, 2.05) is 31.4 Å². The molecule has 0 aliphatic carbocycles. The maximum Gasteiger partial charge on any atom is 0.169 e. The highest BCUT2D eigenvalue weighted by atomic mass is 32.1. The fourth-order valence-corrected chi connectivity index (χ4v) is 2.19. The number of thiocarbonyl (C=S) groups is 1. The Kier molecular flexibility index (Phi) is 2.38. The lowest BCUT2D eigenvalue weighted by atomic mass is 9.92. The number of hydrogen-bond donors (Lipinski definition) is 1. The summed E-state index contributed by atoms with van der Waals surface area (Å²) in [5.74, 6) is 0. The lowest BCUT2D eigenvalue weighted by Gasteiger charge is -2.31. The first-order valence-electron chi connectivity index (χ1n) is 4.99. The predicted molar refractivity (Wildman–Crippen MR) is 64.6 cm³/mol. The Hall–Kier alpha value is -1.16. The van der Waals surface area contributed by atoms with Crippen molar-refractivity contribution >= 4 is 17.3 Å². The first-order chi connectivity index (χ1) is 7.03. The third kappa shape index (κ3) is 1.59. The van der Waals surface area contributed by atoms with Crippen molar-refractivity contribution in [1.29, 1.82) is 0 Å². The Balaban J connectivity index is 2.36. The van der Waals surface area contributed by atoms with E-state index < -0.39 is 0 Å². The Morgan fingerprint density at radius 1 is 1.47 bits per heavy atom.